The van der Waals surface area contributed by atoms with E-state index in [9.17, 15) is 4.79 Å². The molecule has 1 fully saturated rings. The van der Waals surface area contributed by atoms with E-state index in [0.29, 0.717) is 6.42 Å². The largest absolute Gasteiger partial charge is 0.385 e. The summed E-state index contributed by atoms with van der Waals surface area (Å²) in [7, 11) is 0. The molecule has 2 rings (SSSR count). The van der Waals surface area contributed by atoms with E-state index in [1.54, 1.807) is 0 Å². The maximum atomic E-state index is 11.7. The molecule has 1 saturated heterocycles. The topological polar surface area (TPSA) is 32.3 Å². The highest BCUT2D eigenvalue weighted by Crippen LogP contribution is 2.24. The van der Waals surface area contributed by atoms with E-state index in [4.69, 9.17) is 0 Å². The van der Waals surface area contributed by atoms with E-state index in [2.05, 4.69) is 23.7 Å². The molecule has 4 heteroatoms. The number of rotatable bonds is 7. The number of nitrogens with zero attached hydrogens (tertiary/aromatic N) is 1. The standard InChI is InChI=1S/C15H22N2OS/c1-19-11-3-2-9-16-13-6-4-7-14(12-13)17-10-5-8-15(17)18/h4,6-7,12,16H,2-3,5,8-11H2,1H3. The zero-order valence-corrected chi connectivity index (χ0v) is 12.3. The Morgan fingerprint density at radius 1 is 1.37 bits per heavy atom. The summed E-state index contributed by atoms with van der Waals surface area (Å²) in [5.74, 6) is 1.47. The molecule has 0 radical (unpaired) electrons. The number of benzene rings is 1. The SMILES string of the molecule is CSCCCCNc1cccc(N2CCCC2=O)c1. The van der Waals surface area contributed by atoms with E-state index >= 15 is 0 Å². The molecule has 104 valence electrons. The summed E-state index contributed by atoms with van der Waals surface area (Å²) in [5.41, 5.74) is 2.14. The van der Waals surface area contributed by atoms with E-state index in [-0.39, 0.29) is 5.91 Å². The summed E-state index contributed by atoms with van der Waals surface area (Å²) in [6, 6.07) is 8.18. The first kappa shape index (κ1) is 14.3. The lowest BCUT2D eigenvalue weighted by molar-refractivity contribution is -0.117. The Labute approximate surface area is 119 Å². The Balaban J connectivity index is 1.86. The van der Waals surface area contributed by atoms with Crippen LogP contribution in [-0.2, 0) is 4.79 Å². The average molecular weight is 278 g/mol. The second-order valence-corrected chi connectivity index (χ2v) is 5.81. The number of thioether (sulfide) groups is 1. The van der Waals surface area contributed by atoms with Crippen LogP contribution in [0.5, 0.6) is 0 Å². The third-order valence-corrected chi connectivity index (χ3v) is 4.03. The fourth-order valence-corrected chi connectivity index (χ4v) is 2.80. The number of hydrogen-bond donors (Lipinski definition) is 1. The van der Waals surface area contributed by atoms with Gasteiger partial charge in [-0.05, 0) is 49.5 Å². The first-order valence-electron chi connectivity index (χ1n) is 6.94. The third-order valence-electron chi connectivity index (χ3n) is 3.34. The molecule has 0 unspecified atom stereocenters. The maximum absolute atomic E-state index is 11.7. The van der Waals surface area contributed by atoms with Crippen LogP contribution < -0.4 is 10.2 Å². The van der Waals surface area contributed by atoms with Crippen molar-refractivity contribution in [2.75, 3.05) is 35.3 Å². The summed E-state index contributed by atoms with van der Waals surface area (Å²) >= 11 is 1.90. The normalized spacial score (nSPS) is 15.0. The van der Waals surface area contributed by atoms with Gasteiger partial charge in [-0.3, -0.25) is 4.79 Å². The van der Waals surface area contributed by atoms with Crippen molar-refractivity contribution in [3.63, 3.8) is 0 Å². The molecule has 1 aromatic carbocycles. The molecule has 1 N–H and O–H groups in total. The van der Waals surface area contributed by atoms with Gasteiger partial charge in [0.25, 0.3) is 0 Å². The molecule has 0 saturated carbocycles. The van der Waals surface area contributed by atoms with E-state index in [1.807, 2.05) is 28.8 Å². The van der Waals surface area contributed by atoms with Gasteiger partial charge in [-0.25, -0.2) is 0 Å². The summed E-state index contributed by atoms with van der Waals surface area (Å²) in [4.78, 5) is 13.6. The van der Waals surface area contributed by atoms with Crippen molar-refractivity contribution >= 4 is 29.0 Å². The highest BCUT2D eigenvalue weighted by atomic mass is 32.2. The number of nitrogens with one attached hydrogen (secondary N) is 1. The summed E-state index contributed by atoms with van der Waals surface area (Å²) < 4.78 is 0. The number of hydrogen-bond acceptors (Lipinski definition) is 3. The molecular weight excluding hydrogens is 256 g/mol. The van der Waals surface area contributed by atoms with Crippen molar-refractivity contribution in [1.82, 2.24) is 0 Å². The maximum Gasteiger partial charge on any atom is 0.227 e. The van der Waals surface area contributed by atoms with Gasteiger partial charge in [0.1, 0.15) is 0 Å². The second kappa shape index (κ2) is 7.43. The Hall–Kier alpha value is -1.16. The second-order valence-electron chi connectivity index (χ2n) is 4.83. The van der Waals surface area contributed by atoms with Crippen molar-refractivity contribution in [1.29, 1.82) is 0 Å². The van der Waals surface area contributed by atoms with Gasteiger partial charge >= 0.3 is 0 Å². The molecule has 1 amide bonds. The minimum atomic E-state index is 0.247. The molecule has 3 nitrogen and oxygen atoms in total. The van der Waals surface area contributed by atoms with Gasteiger partial charge in [-0.1, -0.05) is 6.07 Å². The Morgan fingerprint density at radius 2 is 2.26 bits per heavy atom. The molecule has 1 heterocycles. The average Bonchev–Trinajstić information content (AvgIpc) is 2.85. The molecule has 0 aromatic heterocycles. The fourth-order valence-electron chi connectivity index (χ4n) is 2.31. The minimum absolute atomic E-state index is 0.247. The van der Waals surface area contributed by atoms with E-state index in [0.717, 1.165) is 30.9 Å². The van der Waals surface area contributed by atoms with Crippen LogP contribution in [-0.4, -0.2) is 31.0 Å². The fraction of sp³-hybridized carbons (Fsp3) is 0.533. The van der Waals surface area contributed by atoms with Crippen molar-refractivity contribution in [3.05, 3.63) is 24.3 Å². The van der Waals surface area contributed by atoms with Crippen molar-refractivity contribution in [2.45, 2.75) is 25.7 Å². The van der Waals surface area contributed by atoms with Crippen LogP contribution in [0, 0.1) is 0 Å². The van der Waals surface area contributed by atoms with Gasteiger partial charge in [0.15, 0.2) is 0 Å². The van der Waals surface area contributed by atoms with Crippen LogP contribution in [0.3, 0.4) is 0 Å². The van der Waals surface area contributed by atoms with Crippen LogP contribution in [0.25, 0.3) is 0 Å². The summed E-state index contributed by atoms with van der Waals surface area (Å²) in [6.45, 7) is 1.86. The molecular formula is C15H22N2OS. The lowest BCUT2D eigenvalue weighted by Gasteiger charge is -2.17. The third kappa shape index (κ3) is 4.16. The van der Waals surface area contributed by atoms with Gasteiger partial charge in [-0.15, -0.1) is 0 Å². The highest BCUT2D eigenvalue weighted by molar-refractivity contribution is 7.98. The lowest BCUT2D eigenvalue weighted by Crippen LogP contribution is -2.23. The van der Waals surface area contributed by atoms with Gasteiger partial charge < -0.3 is 10.2 Å². The first-order valence-corrected chi connectivity index (χ1v) is 8.34. The molecule has 1 aliphatic heterocycles. The smallest absolute Gasteiger partial charge is 0.227 e. The minimum Gasteiger partial charge on any atom is -0.385 e. The number of unbranched alkanes of at least 4 members (excludes halogenated alkanes) is 1. The zero-order valence-electron chi connectivity index (χ0n) is 11.5. The summed E-state index contributed by atoms with van der Waals surface area (Å²) in [6.07, 6.45) is 6.24. The highest BCUT2D eigenvalue weighted by Gasteiger charge is 2.21. The van der Waals surface area contributed by atoms with Crippen molar-refractivity contribution < 1.29 is 4.79 Å². The molecule has 0 spiro atoms. The van der Waals surface area contributed by atoms with Crippen LogP contribution in [0.1, 0.15) is 25.7 Å². The molecule has 0 aliphatic carbocycles. The quantitative estimate of drug-likeness (QED) is 0.776. The molecule has 1 aromatic rings. The van der Waals surface area contributed by atoms with Crippen molar-refractivity contribution in [2.24, 2.45) is 0 Å². The van der Waals surface area contributed by atoms with Crippen LogP contribution >= 0.6 is 11.8 Å². The van der Waals surface area contributed by atoms with Crippen LogP contribution in [0.4, 0.5) is 11.4 Å². The predicted molar refractivity (Wildman–Crippen MR) is 84.1 cm³/mol. The lowest BCUT2D eigenvalue weighted by atomic mass is 10.2. The monoisotopic (exact) mass is 278 g/mol. The van der Waals surface area contributed by atoms with Crippen molar-refractivity contribution in [3.8, 4) is 0 Å². The predicted octanol–water partition coefficient (Wildman–Crippen LogP) is 3.37. The van der Waals surface area contributed by atoms with Crippen LogP contribution in [0.2, 0.25) is 0 Å². The Bertz CT molecular complexity index is 422. The van der Waals surface area contributed by atoms with E-state index in [1.165, 1.54) is 18.6 Å². The summed E-state index contributed by atoms with van der Waals surface area (Å²) in [5, 5.41) is 3.44. The van der Waals surface area contributed by atoms with E-state index < -0.39 is 0 Å². The zero-order chi connectivity index (χ0) is 13.5. The molecule has 0 bridgehead atoms. The van der Waals surface area contributed by atoms with Gasteiger partial charge in [-0.2, -0.15) is 11.8 Å². The van der Waals surface area contributed by atoms with Gasteiger partial charge in [0.2, 0.25) is 5.91 Å². The number of amides is 1. The van der Waals surface area contributed by atoms with Crippen LogP contribution in [0.15, 0.2) is 24.3 Å². The molecule has 19 heavy (non-hydrogen) atoms. The number of carbonyl (C=O) groups is 1. The molecule has 0 atom stereocenters. The Morgan fingerprint density at radius 3 is 3.00 bits per heavy atom. The number of anilines is 2. The van der Waals surface area contributed by atoms with Gasteiger partial charge in [0, 0.05) is 30.9 Å². The Kier molecular flexibility index (Phi) is 5.58. The first-order chi connectivity index (χ1) is 9.31. The van der Waals surface area contributed by atoms with Gasteiger partial charge in [0.05, 0.1) is 0 Å². The number of carbonyl (C=O) groups excluding carboxylic acids is 1. The molecule has 1 aliphatic rings.